The lowest BCUT2D eigenvalue weighted by Gasteiger charge is -2.37. The third-order valence-corrected chi connectivity index (χ3v) is 3.15. The minimum Gasteiger partial charge on any atom is -0.469 e. The van der Waals surface area contributed by atoms with Crippen LogP contribution >= 0.6 is 0 Å². The number of likely N-dealkylation sites (tertiary alicyclic amines) is 1. The van der Waals surface area contributed by atoms with Crippen LogP contribution < -0.4 is 11.1 Å². The van der Waals surface area contributed by atoms with E-state index in [-0.39, 0.29) is 5.97 Å². The zero-order chi connectivity index (χ0) is 12.0. The van der Waals surface area contributed by atoms with Gasteiger partial charge in [-0.15, -0.1) is 0 Å². The predicted octanol–water partition coefficient (Wildman–Crippen LogP) is -0.582. The molecule has 0 aliphatic carbocycles. The third kappa shape index (κ3) is 4.08. The molecule has 1 heterocycles. The zero-order valence-corrected chi connectivity index (χ0v) is 10.2. The number of rotatable bonds is 5. The van der Waals surface area contributed by atoms with Gasteiger partial charge in [-0.3, -0.25) is 4.79 Å². The lowest BCUT2D eigenvalue weighted by Crippen LogP contribution is -2.49. The number of hydrogen-bond acceptors (Lipinski definition) is 5. The van der Waals surface area contributed by atoms with Crippen LogP contribution in [-0.4, -0.2) is 57.2 Å². The highest BCUT2D eigenvalue weighted by Crippen LogP contribution is 2.20. The Morgan fingerprint density at radius 3 is 2.88 bits per heavy atom. The second kappa shape index (κ2) is 6.83. The minimum atomic E-state index is -0.116. The average molecular weight is 229 g/mol. The van der Waals surface area contributed by atoms with E-state index in [9.17, 15) is 4.79 Å². The molecular formula is C11H23N3O2. The van der Waals surface area contributed by atoms with Gasteiger partial charge < -0.3 is 20.7 Å². The molecule has 0 aromatic carbocycles. The maximum absolute atomic E-state index is 11.3. The van der Waals surface area contributed by atoms with Gasteiger partial charge in [0.15, 0.2) is 0 Å². The standard InChI is InChI=1S/C11H23N3O2/c1-13-10-5-9(6-11(15)16-2)7-14(8-10)4-3-12/h9-10,13H,3-8,12H2,1-2H3. The maximum atomic E-state index is 11.3. The Morgan fingerprint density at radius 2 is 2.31 bits per heavy atom. The van der Waals surface area contributed by atoms with E-state index in [0.717, 1.165) is 26.1 Å². The number of nitrogens with two attached hydrogens (primary N) is 1. The van der Waals surface area contributed by atoms with Gasteiger partial charge in [0.05, 0.1) is 7.11 Å². The molecule has 0 aromatic rings. The zero-order valence-electron chi connectivity index (χ0n) is 10.2. The van der Waals surface area contributed by atoms with Crippen LogP contribution in [0.1, 0.15) is 12.8 Å². The van der Waals surface area contributed by atoms with Gasteiger partial charge in [0, 0.05) is 38.6 Å². The van der Waals surface area contributed by atoms with Crippen molar-refractivity contribution in [3.8, 4) is 0 Å². The first kappa shape index (κ1) is 13.4. The molecule has 1 aliphatic heterocycles. The Morgan fingerprint density at radius 1 is 1.56 bits per heavy atom. The van der Waals surface area contributed by atoms with Crippen molar-refractivity contribution in [1.29, 1.82) is 0 Å². The number of hydrogen-bond donors (Lipinski definition) is 2. The Hall–Kier alpha value is -0.650. The molecule has 16 heavy (non-hydrogen) atoms. The number of carbonyl (C=O) groups is 1. The number of methoxy groups -OCH3 is 1. The molecular weight excluding hydrogens is 206 g/mol. The molecule has 1 aliphatic rings. The first-order chi connectivity index (χ1) is 7.69. The molecule has 3 N–H and O–H groups in total. The van der Waals surface area contributed by atoms with E-state index in [4.69, 9.17) is 10.5 Å². The van der Waals surface area contributed by atoms with Gasteiger partial charge in [-0.2, -0.15) is 0 Å². The van der Waals surface area contributed by atoms with Crippen LogP contribution in [0.15, 0.2) is 0 Å². The highest BCUT2D eigenvalue weighted by molar-refractivity contribution is 5.69. The number of likely N-dealkylation sites (N-methyl/N-ethyl adjacent to an activating group) is 1. The Bertz CT molecular complexity index is 223. The maximum Gasteiger partial charge on any atom is 0.305 e. The van der Waals surface area contributed by atoms with Crippen LogP contribution in [0, 0.1) is 5.92 Å². The molecule has 2 unspecified atom stereocenters. The van der Waals surface area contributed by atoms with Gasteiger partial charge >= 0.3 is 5.97 Å². The molecule has 0 spiro atoms. The van der Waals surface area contributed by atoms with Crippen LogP contribution in [0.2, 0.25) is 0 Å². The van der Waals surface area contributed by atoms with Crippen LogP contribution in [0.3, 0.4) is 0 Å². The van der Waals surface area contributed by atoms with Gasteiger partial charge in [0.2, 0.25) is 0 Å². The SMILES string of the molecule is CNC1CC(CC(=O)OC)CN(CCN)C1. The van der Waals surface area contributed by atoms with Crippen molar-refractivity contribution in [3.63, 3.8) is 0 Å². The summed E-state index contributed by atoms with van der Waals surface area (Å²) in [6.07, 6.45) is 1.54. The number of esters is 1. The van der Waals surface area contributed by atoms with Crippen molar-refractivity contribution < 1.29 is 9.53 Å². The van der Waals surface area contributed by atoms with Gasteiger partial charge in [-0.25, -0.2) is 0 Å². The number of carbonyl (C=O) groups excluding carboxylic acids is 1. The highest BCUT2D eigenvalue weighted by atomic mass is 16.5. The van der Waals surface area contributed by atoms with E-state index >= 15 is 0 Å². The summed E-state index contributed by atoms with van der Waals surface area (Å²) < 4.78 is 4.71. The van der Waals surface area contributed by atoms with Crippen molar-refractivity contribution in [2.45, 2.75) is 18.9 Å². The molecule has 5 nitrogen and oxygen atoms in total. The molecule has 1 fully saturated rings. The fraction of sp³-hybridized carbons (Fsp3) is 0.909. The molecule has 2 atom stereocenters. The van der Waals surface area contributed by atoms with E-state index in [0.29, 0.717) is 24.9 Å². The average Bonchev–Trinajstić information content (AvgIpc) is 2.29. The van der Waals surface area contributed by atoms with E-state index in [1.807, 2.05) is 7.05 Å². The molecule has 0 radical (unpaired) electrons. The summed E-state index contributed by atoms with van der Waals surface area (Å²) in [5.74, 6) is 0.264. The number of nitrogens with zero attached hydrogens (tertiary/aromatic N) is 1. The quantitative estimate of drug-likeness (QED) is 0.617. The Kier molecular flexibility index (Phi) is 5.73. The largest absolute Gasteiger partial charge is 0.469 e. The molecule has 0 aromatic heterocycles. The normalized spacial score (nSPS) is 26.7. The molecule has 1 rings (SSSR count). The minimum absolute atomic E-state index is 0.116. The van der Waals surface area contributed by atoms with Gasteiger partial charge in [0.25, 0.3) is 0 Å². The number of nitrogens with one attached hydrogen (secondary N) is 1. The van der Waals surface area contributed by atoms with E-state index < -0.39 is 0 Å². The summed E-state index contributed by atoms with van der Waals surface area (Å²) in [5, 5.41) is 3.28. The summed E-state index contributed by atoms with van der Waals surface area (Å²) in [6.45, 7) is 3.53. The number of piperidine rings is 1. The van der Waals surface area contributed by atoms with Gasteiger partial charge in [-0.05, 0) is 19.4 Å². The highest BCUT2D eigenvalue weighted by Gasteiger charge is 2.27. The molecule has 0 saturated carbocycles. The van der Waals surface area contributed by atoms with Crippen molar-refractivity contribution in [2.24, 2.45) is 11.7 Å². The van der Waals surface area contributed by atoms with E-state index in [1.54, 1.807) is 0 Å². The summed E-state index contributed by atoms with van der Waals surface area (Å²) in [4.78, 5) is 13.6. The first-order valence-electron chi connectivity index (χ1n) is 5.86. The summed E-state index contributed by atoms with van der Waals surface area (Å²) in [7, 11) is 3.41. The van der Waals surface area contributed by atoms with Crippen molar-refractivity contribution >= 4 is 5.97 Å². The van der Waals surface area contributed by atoms with Crippen molar-refractivity contribution in [3.05, 3.63) is 0 Å². The lowest BCUT2D eigenvalue weighted by molar-refractivity contribution is -0.142. The molecule has 5 heteroatoms. The Balaban J connectivity index is 2.46. The summed E-state index contributed by atoms with van der Waals surface area (Å²) in [6, 6.07) is 0.454. The van der Waals surface area contributed by atoms with Crippen LogP contribution in [-0.2, 0) is 9.53 Å². The fourth-order valence-electron chi connectivity index (χ4n) is 2.34. The van der Waals surface area contributed by atoms with Gasteiger partial charge in [-0.1, -0.05) is 0 Å². The molecule has 94 valence electrons. The first-order valence-corrected chi connectivity index (χ1v) is 5.86. The predicted molar refractivity (Wildman–Crippen MR) is 63.1 cm³/mol. The lowest BCUT2D eigenvalue weighted by atomic mass is 9.91. The van der Waals surface area contributed by atoms with E-state index in [1.165, 1.54) is 7.11 Å². The summed E-state index contributed by atoms with van der Waals surface area (Å²) in [5.41, 5.74) is 5.57. The fourth-order valence-corrected chi connectivity index (χ4v) is 2.34. The van der Waals surface area contributed by atoms with Crippen molar-refractivity contribution in [2.75, 3.05) is 40.3 Å². The molecule has 1 saturated heterocycles. The van der Waals surface area contributed by atoms with Crippen LogP contribution in [0.5, 0.6) is 0 Å². The third-order valence-electron chi connectivity index (χ3n) is 3.15. The molecule has 0 bridgehead atoms. The molecule has 0 amide bonds. The van der Waals surface area contributed by atoms with Crippen LogP contribution in [0.25, 0.3) is 0 Å². The Labute approximate surface area is 97.3 Å². The van der Waals surface area contributed by atoms with Gasteiger partial charge in [0.1, 0.15) is 0 Å². The second-order valence-electron chi connectivity index (χ2n) is 4.42. The van der Waals surface area contributed by atoms with E-state index in [2.05, 4.69) is 10.2 Å². The second-order valence-corrected chi connectivity index (χ2v) is 4.42. The smallest absolute Gasteiger partial charge is 0.305 e. The number of ether oxygens (including phenoxy) is 1. The monoisotopic (exact) mass is 229 g/mol. The van der Waals surface area contributed by atoms with Crippen LogP contribution in [0.4, 0.5) is 0 Å². The topological polar surface area (TPSA) is 67.6 Å². The summed E-state index contributed by atoms with van der Waals surface area (Å²) >= 11 is 0. The van der Waals surface area contributed by atoms with Crippen molar-refractivity contribution in [1.82, 2.24) is 10.2 Å².